The van der Waals surface area contributed by atoms with Crippen molar-refractivity contribution in [2.75, 3.05) is 11.9 Å². The summed E-state index contributed by atoms with van der Waals surface area (Å²) in [6, 6.07) is 10.9. The van der Waals surface area contributed by atoms with Crippen LogP contribution in [0.15, 0.2) is 36.4 Å². The number of halogens is 1. The number of benzene rings is 2. The Bertz CT molecular complexity index is 668. The first kappa shape index (κ1) is 14.5. The van der Waals surface area contributed by atoms with Gasteiger partial charge < -0.3 is 10.6 Å². The number of hydrogen-bond acceptors (Lipinski definition) is 2. The first-order valence-electron chi connectivity index (χ1n) is 6.30. The largest absolute Gasteiger partial charge is 0.389 e. The lowest BCUT2D eigenvalue weighted by atomic mass is 10.1. The van der Waals surface area contributed by atoms with Crippen molar-refractivity contribution < 1.29 is 4.39 Å². The number of anilines is 2. The summed E-state index contributed by atoms with van der Waals surface area (Å²) in [5.41, 5.74) is 9.80. The van der Waals surface area contributed by atoms with Gasteiger partial charge in [-0.2, -0.15) is 0 Å². The zero-order valence-electron chi connectivity index (χ0n) is 11.8. The molecule has 0 aliphatic heterocycles. The molecule has 0 aromatic heterocycles. The van der Waals surface area contributed by atoms with E-state index in [1.165, 1.54) is 11.6 Å². The van der Waals surface area contributed by atoms with Gasteiger partial charge in [-0.05, 0) is 43.7 Å². The van der Waals surface area contributed by atoms with E-state index in [-0.39, 0.29) is 10.8 Å². The topological polar surface area (TPSA) is 29.3 Å². The lowest BCUT2D eigenvalue weighted by Crippen LogP contribution is -2.14. The lowest BCUT2D eigenvalue weighted by molar-refractivity contribution is 0.627. The van der Waals surface area contributed by atoms with Crippen LogP contribution in [0.3, 0.4) is 0 Å². The van der Waals surface area contributed by atoms with Gasteiger partial charge in [-0.15, -0.1) is 0 Å². The molecule has 0 spiro atoms. The summed E-state index contributed by atoms with van der Waals surface area (Å²) in [6.07, 6.45) is 0. The molecule has 0 aliphatic rings. The summed E-state index contributed by atoms with van der Waals surface area (Å²) in [5.74, 6) is -0.335. The Morgan fingerprint density at radius 2 is 1.75 bits per heavy atom. The van der Waals surface area contributed by atoms with E-state index in [4.69, 9.17) is 18.0 Å². The Morgan fingerprint density at radius 1 is 1.10 bits per heavy atom. The van der Waals surface area contributed by atoms with Crippen molar-refractivity contribution in [2.24, 2.45) is 5.73 Å². The van der Waals surface area contributed by atoms with E-state index in [1.807, 2.05) is 37.9 Å². The van der Waals surface area contributed by atoms with E-state index in [9.17, 15) is 4.39 Å². The quantitative estimate of drug-likeness (QED) is 0.870. The predicted molar refractivity (Wildman–Crippen MR) is 86.3 cm³/mol. The number of aryl methyl sites for hydroxylation is 2. The second kappa shape index (κ2) is 5.59. The van der Waals surface area contributed by atoms with Crippen LogP contribution in [0.25, 0.3) is 0 Å². The molecule has 0 fully saturated rings. The van der Waals surface area contributed by atoms with Gasteiger partial charge in [0, 0.05) is 18.3 Å². The van der Waals surface area contributed by atoms with Crippen molar-refractivity contribution >= 4 is 28.6 Å². The smallest absolute Gasteiger partial charge is 0.147 e. The van der Waals surface area contributed by atoms with E-state index in [2.05, 4.69) is 6.07 Å². The minimum atomic E-state index is -0.335. The van der Waals surface area contributed by atoms with Crippen molar-refractivity contribution in [1.82, 2.24) is 0 Å². The summed E-state index contributed by atoms with van der Waals surface area (Å²) >= 11 is 4.86. The fraction of sp³-hybridized carbons (Fsp3) is 0.188. The number of nitrogens with zero attached hydrogens (tertiary/aromatic N) is 1. The third-order valence-electron chi connectivity index (χ3n) is 3.31. The summed E-state index contributed by atoms with van der Waals surface area (Å²) in [6.45, 7) is 4.05. The molecule has 0 heterocycles. The van der Waals surface area contributed by atoms with E-state index in [0.29, 0.717) is 11.3 Å². The third kappa shape index (κ3) is 2.80. The predicted octanol–water partition coefficient (Wildman–Crippen LogP) is 3.84. The number of hydrogen-bond donors (Lipinski definition) is 1. The van der Waals surface area contributed by atoms with Crippen LogP contribution >= 0.6 is 12.2 Å². The van der Waals surface area contributed by atoms with Gasteiger partial charge >= 0.3 is 0 Å². The minimum Gasteiger partial charge on any atom is -0.389 e. The number of thiocarbonyl (C=S) groups is 1. The molecule has 0 amide bonds. The highest BCUT2D eigenvalue weighted by Crippen LogP contribution is 2.29. The molecule has 0 saturated carbocycles. The molecule has 104 valence electrons. The van der Waals surface area contributed by atoms with Crippen LogP contribution in [0.5, 0.6) is 0 Å². The van der Waals surface area contributed by atoms with Crippen LogP contribution in [0.2, 0.25) is 0 Å². The Morgan fingerprint density at radius 3 is 2.30 bits per heavy atom. The molecule has 4 heteroatoms. The Labute approximate surface area is 124 Å². The van der Waals surface area contributed by atoms with Crippen LogP contribution in [-0.2, 0) is 0 Å². The van der Waals surface area contributed by atoms with Crippen LogP contribution in [0.1, 0.15) is 16.7 Å². The molecular formula is C16H17FN2S. The van der Waals surface area contributed by atoms with E-state index >= 15 is 0 Å². The van der Waals surface area contributed by atoms with Crippen LogP contribution in [0.4, 0.5) is 15.8 Å². The monoisotopic (exact) mass is 288 g/mol. The Hall–Kier alpha value is -1.94. The van der Waals surface area contributed by atoms with E-state index in [1.54, 1.807) is 12.1 Å². The number of rotatable bonds is 3. The third-order valence-corrected chi connectivity index (χ3v) is 3.54. The average Bonchev–Trinajstić information content (AvgIpc) is 2.37. The van der Waals surface area contributed by atoms with Crippen molar-refractivity contribution in [3.63, 3.8) is 0 Å². The van der Waals surface area contributed by atoms with Gasteiger partial charge in [-0.25, -0.2) is 4.39 Å². The van der Waals surface area contributed by atoms with Gasteiger partial charge in [0.15, 0.2) is 0 Å². The highest BCUT2D eigenvalue weighted by atomic mass is 32.1. The van der Waals surface area contributed by atoms with Gasteiger partial charge in [0.05, 0.1) is 5.69 Å². The Balaban J connectivity index is 2.43. The summed E-state index contributed by atoms with van der Waals surface area (Å²) < 4.78 is 14.2. The zero-order chi connectivity index (χ0) is 14.9. The summed E-state index contributed by atoms with van der Waals surface area (Å²) in [4.78, 5) is 2.03. The summed E-state index contributed by atoms with van der Waals surface area (Å²) in [7, 11) is 1.84. The maximum Gasteiger partial charge on any atom is 0.147 e. The molecule has 0 saturated heterocycles. The fourth-order valence-electron chi connectivity index (χ4n) is 2.24. The van der Waals surface area contributed by atoms with Gasteiger partial charge in [0.25, 0.3) is 0 Å². The normalized spacial score (nSPS) is 10.4. The van der Waals surface area contributed by atoms with Gasteiger partial charge in [-0.3, -0.25) is 0 Å². The van der Waals surface area contributed by atoms with Crippen molar-refractivity contribution in [3.8, 4) is 0 Å². The molecule has 2 aromatic rings. The highest BCUT2D eigenvalue weighted by molar-refractivity contribution is 7.80. The molecule has 2 N–H and O–H groups in total. The second-order valence-corrected chi connectivity index (χ2v) is 5.32. The van der Waals surface area contributed by atoms with E-state index < -0.39 is 0 Å². The summed E-state index contributed by atoms with van der Waals surface area (Å²) in [5, 5.41) is 0. The molecule has 2 aromatic carbocycles. The molecule has 0 bridgehead atoms. The molecule has 0 unspecified atom stereocenters. The number of nitrogens with two attached hydrogens (primary N) is 1. The first-order chi connectivity index (χ1) is 9.40. The molecule has 0 radical (unpaired) electrons. The van der Waals surface area contributed by atoms with E-state index in [0.717, 1.165) is 11.3 Å². The zero-order valence-corrected chi connectivity index (χ0v) is 12.6. The maximum absolute atomic E-state index is 14.2. The maximum atomic E-state index is 14.2. The molecule has 0 atom stereocenters. The second-order valence-electron chi connectivity index (χ2n) is 4.88. The first-order valence-corrected chi connectivity index (χ1v) is 6.71. The molecule has 2 rings (SSSR count). The Kier molecular flexibility index (Phi) is 4.04. The lowest BCUT2D eigenvalue weighted by Gasteiger charge is -2.22. The fourth-order valence-corrected chi connectivity index (χ4v) is 2.37. The van der Waals surface area contributed by atoms with Gasteiger partial charge in [0.2, 0.25) is 0 Å². The van der Waals surface area contributed by atoms with Gasteiger partial charge in [0.1, 0.15) is 10.8 Å². The average molecular weight is 288 g/mol. The molecule has 0 aliphatic carbocycles. The van der Waals surface area contributed by atoms with Crippen LogP contribution < -0.4 is 10.6 Å². The molecule has 2 nitrogen and oxygen atoms in total. The van der Waals surface area contributed by atoms with Crippen molar-refractivity contribution in [2.45, 2.75) is 13.8 Å². The highest BCUT2D eigenvalue weighted by Gasteiger charge is 2.12. The van der Waals surface area contributed by atoms with Gasteiger partial charge in [-0.1, -0.05) is 29.9 Å². The SMILES string of the molecule is Cc1ccc(N(C)c2ccc(C(N)=S)cc2F)c(C)c1. The van der Waals surface area contributed by atoms with Crippen LogP contribution in [0, 0.1) is 19.7 Å². The van der Waals surface area contributed by atoms with Crippen LogP contribution in [-0.4, -0.2) is 12.0 Å². The molecule has 20 heavy (non-hydrogen) atoms. The minimum absolute atomic E-state index is 0.199. The van der Waals surface area contributed by atoms with Crippen molar-refractivity contribution in [3.05, 3.63) is 58.9 Å². The molecular weight excluding hydrogens is 271 g/mol. The van der Waals surface area contributed by atoms with Crippen molar-refractivity contribution in [1.29, 1.82) is 0 Å². The standard InChI is InChI=1S/C16H17FN2S/c1-10-4-6-14(11(2)8-10)19(3)15-7-5-12(16(18)20)9-13(15)17/h4-9H,1-3H3,(H2,18,20).